The molecular weight excluding hydrogens is 252 g/mol. The van der Waals surface area contributed by atoms with Gasteiger partial charge in [-0.1, -0.05) is 11.8 Å². The first-order valence-electron chi connectivity index (χ1n) is 5.62. The Morgan fingerprint density at radius 1 is 1.33 bits per heavy atom. The minimum Gasteiger partial charge on any atom is -0.339 e. The molecule has 0 spiro atoms. The Bertz CT molecular complexity index is 381. The van der Waals surface area contributed by atoms with Crippen LogP contribution in [-0.2, 0) is 4.79 Å². The molecule has 0 aromatic carbocycles. The average Bonchev–Trinajstić information content (AvgIpc) is 2.75. The van der Waals surface area contributed by atoms with Crippen LogP contribution in [0.5, 0.6) is 0 Å². The van der Waals surface area contributed by atoms with Crippen molar-refractivity contribution in [3.63, 3.8) is 0 Å². The van der Waals surface area contributed by atoms with Gasteiger partial charge in [-0.3, -0.25) is 9.59 Å². The van der Waals surface area contributed by atoms with Crippen LogP contribution in [0.3, 0.4) is 0 Å². The molecule has 1 rings (SSSR count). The van der Waals surface area contributed by atoms with Crippen molar-refractivity contribution in [3.8, 4) is 12.1 Å². The zero-order valence-electron chi connectivity index (χ0n) is 9.96. The van der Waals surface area contributed by atoms with Gasteiger partial charge in [0.05, 0.1) is 25.0 Å². The van der Waals surface area contributed by atoms with E-state index in [0.29, 0.717) is 25.4 Å². The van der Waals surface area contributed by atoms with Crippen molar-refractivity contribution in [1.29, 1.82) is 10.5 Å². The fraction of sp³-hybridized carbons (Fsp3) is 0.636. The predicted octanol–water partition coefficient (Wildman–Crippen LogP) is 0.811. The highest BCUT2D eigenvalue weighted by atomic mass is 32.2. The van der Waals surface area contributed by atoms with E-state index in [9.17, 15) is 9.59 Å². The quantitative estimate of drug-likeness (QED) is 0.710. The Morgan fingerprint density at radius 3 is 2.39 bits per heavy atom. The second-order valence-electron chi connectivity index (χ2n) is 3.73. The van der Waals surface area contributed by atoms with E-state index in [1.54, 1.807) is 0 Å². The molecule has 0 atom stereocenters. The summed E-state index contributed by atoms with van der Waals surface area (Å²) < 4.78 is 0. The van der Waals surface area contributed by atoms with Crippen LogP contribution in [0, 0.1) is 22.7 Å². The number of amides is 2. The number of nitriles is 2. The maximum atomic E-state index is 12.0. The molecule has 1 aliphatic heterocycles. The maximum Gasteiger partial charge on any atom is 0.282 e. The van der Waals surface area contributed by atoms with Crippen LogP contribution in [0.2, 0.25) is 0 Å². The molecule has 2 amide bonds. The summed E-state index contributed by atoms with van der Waals surface area (Å²) in [6, 6.07) is 3.94. The van der Waals surface area contributed by atoms with Gasteiger partial charge in [-0.2, -0.15) is 10.5 Å². The van der Waals surface area contributed by atoms with Crippen LogP contribution in [0.1, 0.15) is 12.8 Å². The number of rotatable bonds is 6. The topological polar surface area (TPSA) is 88.2 Å². The lowest BCUT2D eigenvalue weighted by atomic mass is 10.3. The van der Waals surface area contributed by atoms with E-state index in [1.807, 2.05) is 12.1 Å². The number of carbonyl (C=O) groups excluding carboxylic acids is 2. The highest BCUT2D eigenvalue weighted by Gasteiger charge is 2.25. The summed E-state index contributed by atoms with van der Waals surface area (Å²) in [5.74, 6) is 0.513. The summed E-state index contributed by atoms with van der Waals surface area (Å²) in [4.78, 5) is 26.3. The number of hydrogen-bond acceptors (Lipinski definition) is 5. The molecule has 0 aliphatic carbocycles. The van der Waals surface area contributed by atoms with E-state index in [-0.39, 0.29) is 30.5 Å². The fourth-order valence-corrected chi connectivity index (χ4v) is 2.39. The standard InChI is InChI=1S/C11H14N4O2S/c12-3-1-5-14(6-2-4-13)10(16)9-15-7-8-18-11(15)17/h1-2,5-9H2. The number of hydrogen-bond donors (Lipinski definition) is 0. The van der Waals surface area contributed by atoms with Gasteiger partial charge in [-0.15, -0.1) is 0 Å². The highest BCUT2D eigenvalue weighted by Crippen LogP contribution is 2.16. The summed E-state index contributed by atoms with van der Waals surface area (Å²) in [6.07, 6.45) is 0.472. The van der Waals surface area contributed by atoms with Gasteiger partial charge in [0, 0.05) is 25.4 Å². The van der Waals surface area contributed by atoms with E-state index < -0.39 is 0 Å². The Labute approximate surface area is 110 Å². The average molecular weight is 266 g/mol. The van der Waals surface area contributed by atoms with Gasteiger partial charge in [0.15, 0.2) is 0 Å². The number of thioether (sulfide) groups is 1. The van der Waals surface area contributed by atoms with E-state index in [1.165, 1.54) is 21.6 Å². The molecule has 0 N–H and O–H groups in total. The molecule has 0 bridgehead atoms. The van der Waals surface area contributed by atoms with Crippen LogP contribution >= 0.6 is 11.8 Å². The van der Waals surface area contributed by atoms with Gasteiger partial charge in [-0.25, -0.2) is 0 Å². The molecule has 6 nitrogen and oxygen atoms in total. The first-order chi connectivity index (χ1) is 8.69. The first kappa shape index (κ1) is 14.3. The molecule has 0 saturated carbocycles. The molecule has 1 heterocycles. The fourth-order valence-electron chi connectivity index (χ4n) is 1.56. The molecule has 0 radical (unpaired) electrons. The summed E-state index contributed by atoms with van der Waals surface area (Å²) >= 11 is 1.21. The summed E-state index contributed by atoms with van der Waals surface area (Å²) in [7, 11) is 0. The molecule has 1 fully saturated rings. The van der Waals surface area contributed by atoms with Gasteiger partial charge in [0.1, 0.15) is 6.54 Å². The molecule has 18 heavy (non-hydrogen) atoms. The van der Waals surface area contributed by atoms with Crippen molar-refractivity contribution < 1.29 is 9.59 Å². The molecule has 0 unspecified atom stereocenters. The van der Waals surface area contributed by atoms with Crippen LogP contribution in [0.15, 0.2) is 0 Å². The summed E-state index contributed by atoms with van der Waals surface area (Å²) in [6.45, 7) is 1.25. The van der Waals surface area contributed by atoms with E-state index >= 15 is 0 Å². The van der Waals surface area contributed by atoms with Crippen LogP contribution in [-0.4, -0.2) is 52.9 Å². The van der Waals surface area contributed by atoms with Gasteiger partial charge in [0.25, 0.3) is 5.24 Å². The van der Waals surface area contributed by atoms with E-state index in [4.69, 9.17) is 10.5 Å². The van der Waals surface area contributed by atoms with Crippen LogP contribution < -0.4 is 0 Å². The summed E-state index contributed by atoms with van der Waals surface area (Å²) in [5.41, 5.74) is 0. The van der Waals surface area contributed by atoms with E-state index in [2.05, 4.69) is 0 Å². The zero-order chi connectivity index (χ0) is 13.4. The monoisotopic (exact) mass is 266 g/mol. The molecule has 7 heteroatoms. The van der Waals surface area contributed by atoms with Gasteiger partial charge >= 0.3 is 0 Å². The lowest BCUT2D eigenvalue weighted by Gasteiger charge is -2.23. The summed E-state index contributed by atoms with van der Waals surface area (Å²) in [5, 5.41) is 17.0. The van der Waals surface area contributed by atoms with Crippen molar-refractivity contribution in [1.82, 2.24) is 9.80 Å². The van der Waals surface area contributed by atoms with Crippen molar-refractivity contribution in [2.45, 2.75) is 12.8 Å². The van der Waals surface area contributed by atoms with Crippen LogP contribution in [0.4, 0.5) is 4.79 Å². The Balaban J connectivity index is 2.50. The largest absolute Gasteiger partial charge is 0.339 e. The smallest absolute Gasteiger partial charge is 0.282 e. The Kier molecular flexibility index (Phi) is 6.03. The highest BCUT2D eigenvalue weighted by molar-refractivity contribution is 8.13. The van der Waals surface area contributed by atoms with E-state index in [0.717, 1.165) is 0 Å². The molecule has 1 aliphatic rings. The lowest BCUT2D eigenvalue weighted by molar-refractivity contribution is -0.131. The second kappa shape index (κ2) is 7.57. The molecule has 0 aromatic heterocycles. The minimum absolute atomic E-state index is 0.0443. The zero-order valence-corrected chi connectivity index (χ0v) is 10.8. The molecule has 96 valence electrons. The second-order valence-corrected chi connectivity index (χ2v) is 4.78. The first-order valence-corrected chi connectivity index (χ1v) is 6.61. The van der Waals surface area contributed by atoms with Gasteiger partial charge in [-0.05, 0) is 0 Å². The van der Waals surface area contributed by atoms with Gasteiger partial charge in [0.2, 0.25) is 5.91 Å². The minimum atomic E-state index is -0.198. The van der Waals surface area contributed by atoms with Crippen molar-refractivity contribution in [2.24, 2.45) is 0 Å². The SMILES string of the molecule is N#CCCN(CCC#N)C(=O)CN1CCSC1=O. The third kappa shape index (κ3) is 4.27. The molecular formula is C11H14N4O2S. The maximum absolute atomic E-state index is 12.0. The molecule has 0 aromatic rings. The number of carbonyl (C=O) groups is 2. The number of nitrogens with zero attached hydrogens (tertiary/aromatic N) is 4. The Hall–Kier alpha value is -1.73. The van der Waals surface area contributed by atoms with Crippen molar-refractivity contribution in [2.75, 3.05) is 31.9 Å². The molecule has 1 saturated heterocycles. The Morgan fingerprint density at radius 2 is 1.94 bits per heavy atom. The third-order valence-corrected chi connectivity index (χ3v) is 3.40. The van der Waals surface area contributed by atoms with Crippen molar-refractivity contribution >= 4 is 22.9 Å². The lowest BCUT2D eigenvalue weighted by Crippen LogP contribution is -2.41. The van der Waals surface area contributed by atoms with Crippen molar-refractivity contribution in [3.05, 3.63) is 0 Å². The van der Waals surface area contributed by atoms with Crippen LogP contribution in [0.25, 0.3) is 0 Å². The third-order valence-electron chi connectivity index (χ3n) is 2.51. The van der Waals surface area contributed by atoms with Gasteiger partial charge < -0.3 is 9.80 Å². The predicted molar refractivity (Wildman–Crippen MR) is 66.5 cm³/mol. The normalized spacial score (nSPS) is 14.1.